The van der Waals surface area contributed by atoms with Gasteiger partial charge in [-0.2, -0.15) is 0 Å². The average Bonchev–Trinajstić information content (AvgIpc) is 3.29. The molecule has 0 fully saturated rings. The van der Waals surface area contributed by atoms with Gasteiger partial charge in [-0.05, 0) is 47.9 Å². The maximum Gasteiger partial charge on any atom is 0.251 e. The molecule has 3 N–H and O–H groups in total. The maximum absolute atomic E-state index is 12.7. The number of nitrogens with zero attached hydrogens (tertiary/aromatic N) is 6. The third-order valence-electron chi connectivity index (χ3n) is 5.36. The van der Waals surface area contributed by atoms with Crippen LogP contribution in [0.5, 0.6) is 0 Å². The van der Waals surface area contributed by atoms with E-state index in [2.05, 4.69) is 42.7 Å². The van der Waals surface area contributed by atoms with E-state index in [0.717, 1.165) is 23.2 Å². The fraction of sp³-hybridized carbons (Fsp3) is 0.250. The first-order chi connectivity index (χ1) is 16.7. The summed E-state index contributed by atoms with van der Waals surface area (Å²) in [5.41, 5.74) is 4.12. The van der Waals surface area contributed by atoms with Crippen LogP contribution in [-0.4, -0.2) is 47.3 Å². The van der Waals surface area contributed by atoms with Crippen LogP contribution in [0.3, 0.4) is 0 Å². The number of anilines is 1. The molecule has 0 aliphatic carbocycles. The van der Waals surface area contributed by atoms with Crippen LogP contribution in [0, 0.1) is 0 Å². The lowest BCUT2D eigenvalue weighted by Crippen LogP contribution is -2.23. The van der Waals surface area contributed by atoms with E-state index in [1.807, 2.05) is 29.0 Å². The van der Waals surface area contributed by atoms with E-state index in [-0.39, 0.29) is 12.5 Å². The minimum atomic E-state index is -0.156. The van der Waals surface area contributed by atoms with Gasteiger partial charge in [-0.25, -0.2) is 9.97 Å². The fourth-order valence-corrected chi connectivity index (χ4v) is 3.59. The number of pyridine rings is 1. The normalized spacial score (nSPS) is 10.8. The molecule has 4 rings (SSSR count). The first-order valence-electron chi connectivity index (χ1n) is 11.0. The zero-order valence-corrected chi connectivity index (χ0v) is 18.8. The second kappa shape index (κ2) is 11.1. The molecule has 0 bridgehead atoms. The van der Waals surface area contributed by atoms with Gasteiger partial charge in [-0.15, -0.1) is 10.2 Å². The smallest absolute Gasteiger partial charge is 0.251 e. The molecule has 0 aliphatic rings. The molecule has 0 spiro atoms. The highest BCUT2D eigenvalue weighted by Crippen LogP contribution is 2.17. The van der Waals surface area contributed by atoms with E-state index in [4.69, 9.17) is 0 Å². The van der Waals surface area contributed by atoms with Crippen LogP contribution in [0.1, 0.15) is 34.2 Å². The highest BCUT2D eigenvalue weighted by Gasteiger charge is 2.15. The van der Waals surface area contributed by atoms with Crippen LogP contribution >= 0.6 is 0 Å². The summed E-state index contributed by atoms with van der Waals surface area (Å²) in [5.74, 6) is 1.04. The Morgan fingerprint density at radius 2 is 1.94 bits per heavy atom. The van der Waals surface area contributed by atoms with Gasteiger partial charge in [0.15, 0.2) is 11.6 Å². The van der Waals surface area contributed by atoms with Crippen molar-refractivity contribution in [2.45, 2.75) is 33.0 Å². The van der Waals surface area contributed by atoms with E-state index in [1.165, 1.54) is 6.33 Å². The third kappa shape index (κ3) is 5.41. The third-order valence-corrected chi connectivity index (χ3v) is 5.36. The van der Waals surface area contributed by atoms with Crippen molar-refractivity contribution in [3.63, 3.8) is 0 Å². The summed E-state index contributed by atoms with van der Waals surface area (Å²) in [4.78, 5) is 25.0. The molecular weight excluding hydrogens is 432 g/mol. The number of rotatable bonds is 10. The topological polar surface area (TPSA) is 131 Å². The Morgan fingerprint density at radius 3 is 2.74 bits per heavy atom. The molecule has 0 unspecified atom stereocenters. The Bertz CT molecular complexity index is 1240. The standard InChI is InChI=1S/C24H26N8O2/c1-2-17-13-25-8-6-19(17)14-28-24(34)18-4-3-5-20(12-18)27-15-22-30-31-23(32(22)10-11-33)21-7-9-26-16-29-21/h3-9,12-13,16,27,33H,2,10-11,14-15H2,1H3,(H,28,34). The van der Waals surface area contributed by atoms with Crippen LogP contribution in [0.15, 0.2) is 61.3 Å². The minimum Gasteiger partial charge on any atom is -0.395 e. The van der Waals surface area contributed by atoms with Gasteiger partial charge in [0.25, 0.3) is 5.91 Å². The Balaban J connectivity index is 1.43. The summed E-state index contributed by atoms with van der Waals surface area (Å²) < 4.78 is 1.81. The molecule has 10 nitrogen and oxygen atoms in total. The van der Waals surface area contributed by atoms with Crippen LogP contribution in [-0.2, 0) is 26.1 Å². The molecular formula is C24H26N8O2. The highest BCUT2D eigenvalue weighted by molar-refractivity contribution is 5.95. The number of benzene rings is 1. The van der Waals surface area contributed by atoms with Crippen LogP contribution in [0.25, 0.3) is 11.5 Å². The predicted octanol–water partition coefficient (Wildman–Crippen LogP) is 2.23. The number of aryl methyl sites for hydroxylation is 1. The number of aliphatic hydroxyl groups is 1. The first-order valence-corrected chi connectivity index (χ1v) is 11.0. The number of carbonyl (C=O) groups is 1. The van der Waals surface area contributed by atoms with Crippen molar-refractivity contribution in [3.8, 4) is 11.5 Å². The average molecular weight is 459 g/mol. The number of amides is 1. The molecule has 0 saturated carbocycles. The SMILES string of the molecule is CCc1cnccc1CNC(=O)c1cccc(NCc2nnc(-c3ccncn3)n2CCO)c1. The quantitative estimate of drug-likeness (QED) is 0.330. The molecule has 0 saturated heterocycles. The van der Waals surface area contributed by atoms with Gasteiger partial charge >= 0.3 is 0 Å². The maximum atomic E-state index is 12.7. The molecule has 1 amide bonds. The Labute approximate surface area is 197 Å². The van der Waals surface area contributed by atoms with Crippen LogP contribution in [0.2, 0.25) is 0 Å². The van der Waals surface area contributed by atoms with E-state index in [1.54, 1.807) is 30.6 Å². The minimum absolute atomic E-state index is 0.0595. The van der Waals surface area contributed by atoms with E-state index in [9.17, 15) is 9.90 Å². The number of hydrogen-bond donors (Lipinski definition) is 3. The predicted molar refractivity (Wildman–Crippen MR) is 127 cm³/mol. The summed E-state index contributed by atoms with van der Waals surface area (Å²) in [7, 11) is 0. The van der Waals surface area contributed by atoms with Gasteiger partial charge in [-0.1, -0.05) is 13.0 Å². The summed E-state index contributed by atoms with van der Waals surface area (Å²) in [6, 6.07) is 10.9. The monoisotopic (exact) mass is 458 g/mol. The zero-order chi connectivity index (χ0) is 23.8. The van der Waals surface area contributed by atoms with Crippen molar-refractivity contribution in [2.24, 2.45) is 0 Å². The van der Waals surface area contributed by atoms with Gasteiger partial charge in [0.05, 0.1) is 13.2 Å². The van der Waals surface area contributed by atoms with Gasteiger partial charge in [0.2, 0.25) is 0 Å². The van der Waals surface area contributed by atoms with Crippen molar-refractivity contribution in [2.75, 3.05) is 11.9 Å². The summed E-state index contributed by atoms with van der Waals surface area (Å²) in [6.07, 6.45) is 7.50. The van der Waals surface area contributed by atoms with E-state index < -0.39 is 0 Å². The highest BCUT2D eigenvalue weighted by atomic mass is 16.3. The lowest BCUT2D eigenvalue weighted by molar-refractivity contribution is 0.0951. The van der Waals surface area contributed by atoms with Gasteiger partial charge in [-0.3, -0.25) is 9.78 Å². The number of aliphatic hydroxyl groups excluding tert-OH is 1. The Morgan fingerprint density at radius 1 is 1.06 bits per heavy atom. The van der Waals surface area contributed by atoms with E-state index >= 15 is 0 Å². The summed E-state index contributed by atoms with van der Waals surface area (Å²) >= 11 is 0. The first kappa shape index (κ1) is 23.0. The van der Waals surface area contributed by atoms with Crippen LogP contribution < -0.4 is 10.6 Å². The Hall–Kier alpha value is -4.18. The number of hydrogen-bond acceptors (Lipinski definition) is 8. The van der Waals surface area contributed by atoms with Crippen LogP contribution in [0.4, 0.5) is 5.69 Å². The van der Waals surface area contributed by atoms with E-state index in [0.29, 0.717) is 42.5 Å². The molecule has 4 aromatic rings. The molecule has 3 heterocycles. The number of carbonyl (C=O) groups excluding carboxylic acids is 1. The van der Waals surface area contributed by atoms with Crippen molar-refractivity contribution in [1.29, 1.82) is 0 Å². The van der Waals surface area contributed by atoms with Gasteiger partial charge < -0.3 is 20.3 Å². The van der Waals surface area contributed by atoms with Crippen molar-refractivity contribution in [1.82, 2.24) is 35.0 Å². The number of nitrogens with one attached hydrogen (secondary N) is 2. The largest absolute Gasteiger partial charge is 0.395 e. The van der Waals surface area contributed by atoms with Crippen molar-refractivity contribution in [3.05, 3.63) is 83.8 Å². The van der Waals surface area contributed by atoms with Crippen molar-refractivity contribution < 1.29 is 9.90 Å². The Kier molecular flexibility index (Phi) is 7.51. The molecule has 0 radical (unpaired) electrons. The molecule has 34 heavy (non-hydrogen) atoms. The molecule has 10 heteroatoms. The second-order valence-electron chi connectivity index (χ2n) is 7.52. The number of aromatic nitrogens is 6. The van der Waals surface area contributed by atoms with Gasteiger partial charge in [0, 0.05) is 42.9 Å². The molecule has 1 aromatic carbocycles. The molecule has 0 atom stereocenters. The van der Waals surface area contributed by atoms with Crippen molar-refractivity contribution >= 4 is 11.6 Å². The fourth-order valence-electron chi connectivity index (χ4n) is 3.59. The molecule has 0 aliphatic heterocycles. The molecule has 174 valence electrons. The lowest BCUT2D eigenvalue weighted by Gasteiger charge is -2.12. The molecule has 3 aromatic heterocycles. The second-order valence-corrected chi connectivity index (χ2v) is 7.52. The summed E-state index contributed by atoms with van der Waals surface area (Å²) in [5, 5.41) is 24.3. The summed E-state index contributed by atoms with van der Waals surface area (Å²) in [6.45, 7) is 3.14. The van der Waals surface area contributed by atoms with Gasteiger partial charge in [0.1, 0.15) is 12.0 Å². The lowest BCUT2D eigenvalue weighted by atomic mass is 10.1. The zero-order valence-electron chi connectivity index (χ0n) is 18.8.